The minimum Gasteiger partial charge on any atom is -0.508 e. The van der Waals surface area contributed by atoms with Crippen LogP contribution in [0.5, 0.6) is 5.75 Å². The summed E-state index contributed by atoms with van der Waals surface area (Å²) in [5.41, 5.74) is 14.6. The average Bonchev–Trinajstić information content (AvgIpc) is 2.75. The maximum absolute atomic E-state index is 11.9. The number of fused-ring (bicyclic) bond motifs is 1. The highest BCUT2D eigenvalue weighted by Crippen LogP contribution is 2.42. The molecule has 7 heteroatoms. The molecular weight excluding hydrogens is 360 g/mol. The van der Waals surface area contributed by atoms with E-state index in [0.717, 1.165) is 11.3 Å². The number of phenolic OH excluding ortho intramolecular Hbond substituents is 1. The van der Waals surface area contributed by atoms with Crippen molar-refractivity contribution in [1.82, 2.24) is 0 Å². The summed E-state index contributed by atoms with van der Waals surface area (Å²) in [5.74, 6) is -0.357. The summed E-state index contributed by atoms with van der Waals surface area (Å²) in [6.45, 7) is 3.74. The molecule has 3 rings (SSSR count). The minimum absolute atomic E-state index is 0.173. The van der Waals surface area contributed by atoms with Gasteiger partial charge < -0.3 is 21.5 Å². The van der Waals surface area contributed by atoms with Crippen LogP contribution in [0.3, 0.4) is 0 Å². The van der Waals surface area contributed by atoms with E-state index in [2.05, 4.69) is 20.9 Å². The molecule has 0 bridgehead atoms. The van der Waals surface area contributed by atoms with Gasteiger partial charge >= 0.3 is 0 Å². The highest BCUT2D eigenvalue weighted by atomic mass is 79.9. The van der Waals surface area contributed by atoms with Crippen molar-refractivity contribution in [1.29, 1.82) is 0 Å². The Morgan fingerprint density at radius 3 is 2.74 bits per heavy atom. The maximum Gasteiger partial charge on any atom is 0.248 e. The molecule has 2 aliphatic rings. The van der Waals surface area contributed by atoms with Gasteiger partial charge in [0, 0.05) is 17.7 Å². The number of hydrogen-bond acceptors (Lipinski definition) is 5. The molecule has 2 heterocycles. The van der Waals surface area contributed by atoms with Crippen molar-refractivity contribution in [3.05, 3.63) is 45.3 Å². The van der Waals surface area contributed by atoms with Gasteiger partial charge in [-0.3, -0.25) is 9.79 Å². The van der Waals surface area contributed by atoms with Gasteiger partial charge in [-0.1, -0.05) is 6.07 Å². The fraction of sp³-hybridized carbons (Fsp3) is 0.250. The van der Waals surface area contributed by atoms with E-state index in [0.29, 0.717) is 21.6 Å². The number of hydrogen-bond donors (Lipinski definition) is 3. The van der Waals surface area contributed by atoms with Crippen molar-refractivity contribution >= 4 is 33.7 Å². The van der Waals surface area contributed by atoms with Gasteiger partial charge in [0.25, 0.3) is 0 Å². The fourth-order valence-corrected chi connectivity index (χ4v) is 3.63. The summed E-state index contributed by atoms with van der Waals surface area (Å²) in [5, 5.41) is 10.1. The molecule has 0 radical (unpaired) electrons. The third-order valence-corrected chi connectivity index (χ3v) is 4.78. The lowest BCUT2D eigenvalue weighted by molar-refractivity contribution is -0.114. The molecule has 23 heavy (non-hydrogen) atoms. The normalized spacial score (nSPS) is 23.1. The van der Waals surface area contributed by atoms with Gasteiger partial charge in [0.2, 0.25) is 5.91 Å². The van der Waals surface area contributed by atoms with Crippen LogP contribution in [0.2, 0.25) is 0 Å². The molecule has 0 fully saturated rings. The Labute approximate surface area is 142 Å². The number of carbonyl (C=O) groups excluding carboxylic acids is 1. The van der Waals surface area contributed by atoms with Crippen molar-refractivity contribution in [3.63, 3.8) is 0 Å². The molecule has 0 aromatic heterocycles. The van der Waals surface area contributed by atoms with Crippen LogP contribution in [-0.2, 0) is 4.79 Å². The second kappa shape index (κ2) is 5.42. The monoisotopic (exact) mass is 376 g/mol. The van der Waals surface area contributed by atoms with Crippen LogP contribution in [-0.4, -0.2) is 23.3 Å². The predicted molar refractivity (Wildman–Crippen MR) is 93.2 cm³/mol. The lowest BCUT2D eigenvalue weighted by Gasteiger charge is -2.31. The van der Waals surface area contributed by atoms with Crippen LogP contribution >= 0.6 is 15.9 Å². The highest BCUT2D eigenvalue weighted by Gasteiger charge is 2.43. The number of nitrogens with zero attached hydrogens (tertiary/aromatic N) is 2. The number of benzene rings is 1. The number of primary amides is 1. The number of phenols is 1. The van der Waals surface area contributed by atoms with Crippen LogP contribution in [0.25, 0.3) is 0 Å². The predicted octanol–water partition coefficient (Wildman–Crippen LogP) is 1.79. The second-order valence-electron chi connectivity index (χ2n) is 5.69. The third kappa shape index (κ3) is 2.31. The van der Waals surface area contributed by atoms with E-state index in [9.17, 15) is 9.90 Å². The Morgan fingerprint density at radius 1 is 1.39 bits per heavy atom. The highest BCUT2D eigenvalue weighted by molar-refractivity contribution is 9.11. The quantitative estimate of drug-likeness (QED) is 0.684. The summed E-state index contributed by atoms with van der Waals surface area (Å²) in [6.07, 6.45) is 3.56. The number of carbonyl (C=O) groups is 1. The summed E-state index contributed by atoms with van der Waals surface area (Å²) in [4.78, 5) is 18.0. The summed E-state index contributed by atoms with van der Waals surface area (Å²) < 4.78 is 0.636. The number of aromatic hydroxyl groups is 1. The molecule has 0 saturated carbocycles. The first-order valence-corrected chi connectivity index (χ1v) is 7.91. The molecule has 1 amide bonds. The second-order valence-corrected chi connectivity index (χ2v) is 6.50. The molecular formula is C16H17BrN4O2. The van der Waals surface area contributed by atoms with Crippen molar-refractivity contribution in [2.24, 2.45) is 22.4 Å². The summed E-state index contributed by atoms with van der Waals surface area (Å²) in [6, 6.07) is 3.20. The zero-order valence-corrected chi connectivity index (χ0v) is 14.3. The Morgan fingerprint density at radius 2 is 2.09 bits per heavy atom. The number of amides is 1. The number of halogens is 1. The van der Waals surface area contributed by atoms with E-state index in [4.69, 9.17) is 11.5 Å². The van der Waals surface area contributed by atoms with E-state index < -0.39 is 5.91 Å². The van der Waals surface area contributed by atoms with Crippen LogP contribution in [0, 0.1) is 19.8 Å². The number of nitrogens with two attached hydrogens (primary N) is 2. The molecule has 120 valence electrons. The van der Waals surface area contributed by atoms with Gasteiger partial charge in [-0.05, 0) is 47.5 Å². The topological polar surface area (TPSA) is 105 Å². The fourth-order valence-electron chi connectivity index (χ4n) is 3.23. The van der Waals surface area contributed by atoms with E-state index >= 15 is 0 Å². The first kappa shape index (κ1) is 15.6. The van der Waals surface area contributed by atoms with Crippen molar-refractivity contribution in [2.45, 2.75) is 19.9 Å². The summed E-state index contributed by atoms with van der Waals surface area (Å²) >= 11 is 3.33. The Kier molecular flexibility index (Phi) is 3.68. The molecule has 0 aliphatic carbocycles. The number of rotatable bonds is 2. The molecule has 1 aromatic rings. The van der Waals surface area contributed by atoms with Gasteiger partial charge in [-0.25, -0.2) is 0 Å². The standard InChI is InChI=1S/C16H17BrN4O2/c1-7-3-4-11(22)8(2)14(7)21-10-6-20-12(17)5-9(10)13(15(21)18)16(19)23/h3-6,9-10,22H,18H2,1-2H3,(H2,19,23). The first-order chi connectivity index (χ1) is 10.8. The smallest absolute Gasteiger partial charge is 0.248 e. The molecule has 2 aliphatic heterocycles. The van der Waals surface area contributed by atoms with Crippen LogP contribution in [0.15, 0.2) is 39.2 Å². The Bertz CT molecular complexity index is 798. The average molecular weight is 377 g/mol. The van der Waals surface area contributed by atoms with E-state index in [-0.39, 0.29) is 17.7 Å². The molecule has 1 aromatic carbocycles. The zero-order chi connectivity index (χ0) is 16.9. The first-order valence-electron chi connectivity index (χ1n) is 7.12. The number of aryl methyl sites for hydroxylation is 1. The van der Waals surface area contributed by atoms with Gasteiger partial charge in [0.15, 0.2) is 0 Å². The third-order valence-electron chi connectivity index (χ3n) is 4.31. The molecule has 5 N–H and O–H groups in total. The maximum atomic E-state index is 11.9. The summed E-state index contributed by atoms with van der Waals surface area (Å²) in [7, 11) is 0. The van der Waals surface area contributed by atoms with Crippen molar-refractivity contribution < 1.29 is 9.90 Å². The van der Waals surface area contributed by atoms with Crippen LogP contribution in [0.4, 0.5) is 5.69 Å². The van der Waals surface area contributed by atoms with Gasteiger partial charge in [-0.15, -0.1) is 0 Å². The van der Waals surface area contributed by atoms with Gasteiger partial charge in [0.05, 0.1) is 17.3 Å². The lowest BCUT2D eigenvalue weighted by atomic mass is 9.93. The van der Waals surface area contributed by atoms with E-state index in [1.54, 1.807) is 12.3 Å². The van der Waals surface area contributed by atoms with E-state index in [1.165, 1.54) is 0 Å². The molecule has 6 nitrogen and oxygen atoms in total. The van der Waals surface area contributed by atoms with E-state index in [1.807, 2.05) is 30.9 Å². The molecule has 0 spiro atoms. The number of aliphatic imine (C=N–C) groups is 1. The molecule has 2 unspecified atom stereocenters. The van der Waals surface area contributed by atoms with Gasteiger partial charge in [-0.2, -0.15) is 0 Å². The van der Waals surface area contributed by atoms with Crippen molar-refractivity contribution in [2.75, 3.05) is 4.90 Å². The SMILES string of the molecule is Cc1ccc(O)c(C)c1N1C(N)=C(C(N)=O)C2C=C(Br)N=CC21. The number of anilines is 1. The zero-order valence-electron chi connectivity index (χ0n) is 12.7. The Hall–Kier alpha value is -2.28. The van der Waals surface area contributed by atoms with Gasteiger partial charge in [0.1, 0.15) is 16.2 Å². The van der Waals surface area contributed by atoms with Crippen molar-refractivity contribution in [3.8, 4) is 5.75 Å². The van der Waals surface area contributed by atoms with Crippen LogP contribution in [0.1, 0.15) is 11.1 Å². The Balaban J connectivity index is 2.23. The molecule has 2 atom stereocenters. The largest absolute Gasteiger partial charge is 0.508 e. The molecule has 0 saturated heterocycles. The minimum atomic E-state index is -0.553. The lowest BCUT2D eigenvalue weighted by Crippen LogP contribution is -2.39. The van der Waals surface area contributed by atoms with Crippen LogP contribution < -0.4 is 16.4 Å².